The van der Waals surface area contributed by atoms with Crippen LogP contribution in [0.5, 0.6) is 0 Å². The van der Waals surface area contributed by atoms with E-state index in [1.165, 1.54) is 28.2 Å². The van der Waals surface area contributed by atoms with Gasteiger partial charge in [0, 0.05) is 41.2 Å². The number of pyridine rings is 1. The number of fused-ring (bicyclic) bond motifs is 1. The first-order valence-electron chi connectivity index (χ1n) is 10.0. The highest BCUT2D eigenvalue weighted by Gasteiger charge is 2.30. The van der Waals surface area contributed by atoms with Crippen LogP contribution in [-0.2, 0) is 35.7 Å². The van der Waals surface area contributed by atoms with Gasteiger partial charge in [0.25, 0.3) is 0 Å². The first-order valence-corrected chi connectivity index (χ1v) is 10.9. The lowest BCUT2D eigenvalue weighted by Crippen LogP contribution is -2.40. The fourth-order valence-corrected chi connectivity index (χ4v) is 5.28. The van der Waals surface area contributed by atoms with Crippen LogP contribution in [0, 0.1) is 11.8 Å². The number of thiophene rings is 1. The van der Waals surface area contributed by atoms with Crippen molar-refractivity contribution < 1.29 is 9.53 Å². The van der Waals surface area contributed by atoms with Crippen LogP contribution in [0.15, 0.2) is 30.6 Å². The molecule has 0 N–H and O–H groups in total. The van der Waals surface area contributed by atoms with Crippen LogP contribution in [0.1, 0.15) is 53.5 Å². The Morgan fingerprint density at radius 1 is 1.30 bits per heavy atom. The van der Waals surface area contributed by atoms with E-state index in [1.807, 2.05) is 29.7 Å². The van der Waals surface area contributed by atoms with Crippen LogP contribution in [0.25, 0.3) is 0 Å². The Labute approximate surface area is 165 Å². The van der Waals surface area contributed by atoms with Crippen LogP contribution in [-0.4, -0.2) is 22.3 Å². The van der Waals surface area contributed by atoms with Crippen molar-refractivity contribution in [1.29, 1.82) is 0 Å². The molecule has 0 radical (unpaired) electrons. The largest absolute Gasteiger partial charge is 0.371 e. The average Bonchev–Trinajstić information content (AvgIpc) is 3.11. The van der Waals surface area contributed by atoms with Gasteiger partial charge < -0.3 is 9.64 Å². The van der Waals surface area contributed by atoms with Crippen molar-refractivity contribution in [2.75, 3.05) is 6.54 Å². The van der Waals surface area contributed by atoms with Crippen molar-refractivity contribution in [3.63, 3.8) is 0 Å². The number of nitrogens with zero attached hydrogens (tertiary/aromatic N) is 2. The van der Waals surface area contributed by atoms with E-state index in [-0.39, 0.29) is 5.92 Å². The maximum Gasteiger partial charge on any atom is 0.225 e. The Kier molecular flexibility index (Phi) is 5.89. The summed E-state index contributed by atoms with van der Waals surface area (Å²) in [4.78, 5) is 21.8. The molecule has 2 aliphatic rings. The summed E-state index contributed by atoms with van der Waals surface area (Å²) < 4.78 is 5.85. The Hall–Kier alpha value is -1.72. The Bertz CT molecular complexity index is 766. The Morgan fingerprint density at radius 3 is 2.93 bits per heavy atom. The van der Waals surface area contributed by atoms with E-state index in [0.29, 0.717) is 19.1 Å². The first kappa shape index (κ1) is 18.6. The normalized spacial score (nSPS) is 22.5. The van der Waals surface area contributed by atoms with E-state index >= 15 is 0 Å². The molecule has 4 rings (SSSR count). The number of ether oxygens (including phenoxy) is 1. The molecule has 0 unspecified atom stereocenters. The molecule has 144 valence electrons. The molecule has 1 saturated carbocycles. The second kappa shape index (κ2) is 8.53. The van der Waals surface area contributed by atoms with Crippen molar-refractivity contribution in [2.45, 2.75) is 58.8 Å². The number of hydrogen-bond acceptors (Lipinski definition) is 4. The summed E-state index contributed by atoms with van der Waals surface area (Å²) in [6, 6.07) is 6.20. The van der Waals surface area contributed by atoms with E-state index in [4.69, 9.17) is 4.74 Å². The number of rotatable bonds is 5. The Morgan fingerprint density at radius 2 is 2.15 bits per heavy atom. The van der Waals surface area contributed by atoms with Gasteiger partial charge >= 0.3 is 0 Å². The molecule has 1 aliphatic carbocycles. The number of carbonyl (C=O) groups is 1. The van der Waals surface area contributed by atoms with Gasteiger partial charge in [0.15, 0.2) is 0 Å². The van der Waals surface area contributed by atoms with Gasteiger partial charge in [-0.25, -0.2) is 0 Å². The van der Waals surface area contributed by atoms with Crippen LogP contribution in [0.4, 0.5) is 0 Å². The minimum atomic E-state index is 0.253. The number of aromatic nitrogens is 1. The van der Waals surface area contributed by atoms with Crippen molar-refractivity contribution >= 4 is 17.2 Å². The zero-order valence-electron chi connectivity index (χ0n) is 16.0. The lowest BCUT2D eigenvalue weighted by Gasteiger charge is -2.33. The number of amides is 1. The maximum atomic E-state index is 12.9. The van der Waals surface area contributed by atoms with E-state index in [9.17, 15) is 4.79 Å². The van der Waals surface area contributed by atoms with E-state index < -0.39 is 0 Å². The van der Waals surface area contributed by atoms with Crippen molar-refractivity contribution in [3.8, 4) is 0 Å². The van der Waals surface area contributed by atoms with Crippen LogP contribution in [0.3, 0.4) is 0 Å². The van der Waals surface area contributed by atoms with Crippen molar-refractivity contribution in [3.05, 3.63) is 51.5 Å². The third kappa shape index (κ3) is 4.58. The summed E-state index contributed by atoms with van der Waals surface area (Å²) in [6.07, 6.45) is 9.14. The smallest absolute Gasteiger partial charge is 0.225 e. The molecule has 0 bridgehead atoms. The fourth-order valence-electron chi connectivity index (χ4n) is 4.17. The second-order valence-electron chi connectivity index (χ2n) is 7.98. The topological polar surface area (TPSA) is 42.4 Å². The summed E-state index contributed by atoms with van der Waals surface area (Å²) >= 11 is 1.84. The predicted molar refractivity (Wildman–Crippen MR) is 107 cm³/mol. The van der Waals surface area contributed by atoms with Gasteiger partial charge in [-0.15, -0.1) is 11.3 Å². The Balaban J connectivity index is 1.31. The molecule has 0 atom stereocenters. The first-order chi connectivity index (χ1) is 13.2. The zero-order chi connectivity index (χ0) is 18.6. The second-order valence-corrected chi connectivity index (χ2v) is 9.20. The van der Waals surface area contributed by atoms with Gasteiger partial charge in [-0.2, -0.15) is 0 Å². The van der Waals surface area contributed by atoms with Gasteiger partial charge in [-0.05, 0) is 61.3 Å². The average molecular weight is 385 g/mol. The molecule has 2 aromatic heterocycles. The number of carbonyl (C=O) groups excluding carboxylic acids is 1. The summed E-state index contributed by atoms with van der Waals surface area (Å²) in [5, 5.41) is 0. The molecule has 27 heavy (non-hydrogen) atoms. The third-order valence-corrected chi connectivity index (χ3v) is 7.04. The van der Waals surface area contributed by atoms with Gasteiger partial charge in [-0.1, -0.05) is 13.0 Å². The van der Waals surface area contributed by atoms with E-state index in [0.717, 1.165) is 43.8 Å². The minimum Gasteiger partial charge on any atom is -0.371 e. The van der Waals surface area contributed by atoms with Crippen molar-refractivity contribution in [2.24, 2.45) is 11.8 Å². The molecular weight excluding hydrogens is 356 g/mol. The molecule has 2 aromatic rings. The summed E-state index contributed by atoms with van der Waals surface area (Å²) in [6.45, 7) is 5.16. The van der Waals surface area contributed by atoms with Gasteiger partial charge in [0.05, 0.1) is 13.2 Å². The molecule has 0 spiro atoms. The summed E-state index contributed by atoms with van der Waals surface area (Å²) in [7, 11) is 0. The molecule has 0 aromatic carbocycles. The lowest BCUT2D eigenvalue weighted by atomic mass is 9.82. The molecule has 3 heterocycles. The highest BCUT2D eigenvalue weighted by Crippen LogP contribution is 2.33. The SMILES string of the molecule is CC1CCC(C(=O)N2CCc3sc(COCc4cccnc4)cc3C2)CC1. The summed E-state index contributed by atoms with van der Waals surface area (Å²) in [5.74, 6) is 1.42. The standard InChI is InChI=1S/C22H28N2O2S/c1-16-4-6-18(7-5-16)22(25)24-10-8-21-19(13-24)11-20(27-21)15-26-14-17-3-2-9-23-12-17/h2-3,9,11-12,16,18H,4-8,10,13-15H2,1H3. The highest BCUT2D eigenvalue weighted by molar-refractivity contribution is 7.12. The van der Waals surface area contributed by atoms with Gasteiger partial charge in [-0.3, -0.25) is 9.78 Å². The molecule has 1 aliphatic heterocycles. The molecule has 0 saturated heterocycles. The predicted octanol–water partition coefficient (Wildman–Crippen LogP) is 4.57. The highest BCUT2D eigenvalue weighted by atomic mass is 32.1. The lowest BCUT2D eigenvalue weighted by molar-refractivity contribution is -0.137. The van der Waals surface area contributed by atoms with Crippen LogP contribution < -0.4 is 0 Å². The molecule has 4 nitrogen and oxygen atoms in total. The molecule has 5 heteroatoms. The quantitative estimate of drug-likeness (QED) is 0.758. The monoisotopic (exact) mass is 384 g/mol. The summed E-state index contributed by atoms with van der Waals surface area (Å²) in [5.41, 5.74) is 2.42. The van der Waals surface area contributed by atoms with Crippen LogP contribution >= 0.6 is 11.3 Å². The maximum absolute atomic E-state index is 12.9. The van der Waals surface area contributed by atoms with E-state index in [2.05, 4.69) is 22.9 Å². The molecule has 1 amide bonds. The minimum absolute atomic E-state index is 0.253. The zero-order valence-corrected chi connectivity index (χ0v) is 16.8. The van der Waals surface area contributed by atoms with E-state index in [1.54, 1.807) is 6.20 Å². The molecular formula is C22H28N2O2S. The van der Waals surface area contributed by atoms with Crippen LogP contribution in [0.2, 0.25) is 0 Å². The fraction of sp³-hybridized carbons (Fsp3) is 0.545. The molecule has 1 fully saturated rings. The number of hydrogen-bond donors (Lipinski definition) is 0. The van der Waals surface area contributed by atoms with Gasteiger partial charge in [0.1, 0.15) is 0 Å². The van der Waals surface area contributed by atoms with Gasteiger partial charge in [0.2, 0.25) is 5.91 Å². The third-order valence-electron chi connectivity index (χ3n) is 5.83. The van der Waals surface area contributed by atoms with Crippen molar-refractivity contribution in [1.82, 2.24) is 9.88 Å².